The van der Waals surface area contributed by atoms with E-state index in [0.29, 0.717) is 12.5 Å². The highest BCUT2D eigenvalue weighted by atomic mass is 16.5. The van der Waals surface area contributed by atoms with Crippen molar-refractivity contribution in [3.05, 3.63) is 24.0 Å². The highest BCUT2D eigenvalue weighted by Crippen LogP contribution is 2.16. The summed E-state index contributed by atoms with van der Waals surface area (Å²) >= 11 is 0. The maximum atomic E-state index is 11.9. The summed E-state index contributed by atoms with van der Waals surface area (Å²) in [5, 5.41) is 3.08. The molecule has 0 radical (unpaired) electrons. The quantitative estimate of drug-likeness (QED) is 0.832. The van der Waals surface area contributed by atoms with E-state index in [2.05, 4.69) is 42.2 Å². The summed E-state index contributed by atoms with van der Waals surface area (Å²) in [5.74, 6) is 0.153. The van der Waals surface area contributed by atoms with Crippen LogP contribution in [0.2, 0.25) is 0 Å². The highest BCUT2D eigenvalue weighted by molar-refractivity contribution is 5.76. The van der Waals surface area contributed by atoms with E-state index in [1.165, 1.54) is 5.69 Å². The van der Waals surface area contributed by atoms with Gasteiger partial charge in [-0.05, 0) is 51.2 Å². The van der Waals surface area contributed by atoms with Gasteiger partial charge in [-0.15, -0.1) is 0 Å². The number of aromatic nitrogens is 1. The molecule has 0 spiro atoms. The lowest BCUT2D eigenvalue weighted by Crippen LogP contribution is -2.33. The lowest BCUT2D eigenvalue weighted by atomic mass is 10.1. The van der Waals surface area contributed by atoms with Gasteiger partial charge in [0.25, 0.3) is 0 Å². The predicted octanol–water partition coefficient (Wildman–Crippen LogP) is 2.42. The number of nitrogens with zero attached hydrogens (tertiary/aromatic N) is 1. The van der Waals surface area contributed by atoms with Crippen molar-refractivity contribution in [2.45, 2.75) is 57.6 Å². The monoisotopic (exact) mass is 278 g/mol. The molecule has 1 aliphatic rings. The Morgan fingerprint density at radius 3 is 3.10 bits per heavy atom. The van der Waals surface area contributed by atoms with Crippen LogP contribution in [0.4, 0.5) is 0 Å². The number of hydrogen-bond donors (Lipinski definition) is 1. The molecular weight excluding hydrogens is 252 g/mol. The Kier molecular flexibility index (Phi) is 5.65. The molecule has 1 fully saturated rings. The number of ether oxygens (including phenoxy) is 1. The first-order chi connectivity index (χ1) is 9.65. The number of carbonyl (C=O) groups is 1. The SMILES string of the molecule is C[C@@H](CCc1cccn1C)NC(=O)CC[C@H]1CCCO1. The smallest absolute Gasteiger partial charge is 0.220 e. The molecule has 4 heteroatoms. The van der Waals surface area contributed by atoms with Crippen molar-refractivity contribution in [2.75, 3.05) is 6.61 Å². The average molecular weight is 278 g/mol. The minimum Gasteiger partial charge on any atom is -0.378 e. The van der Waals surface area contributed by atoms with Crippen molar-refractivity contribution in [3.63, 3.8) is 0 Å². The molecule has 0 aliphatic carbocycles. The van der Waals surface area contributed by atoms with Gasteiger partial charge >= 0.3 is 0 Å². The van der Waals surface area contributed by atoms with E-state index in [-0.39, 0.29) is 11.9 Å². The number of amides is 1. The normalized spacial score (nSPS) is 20.0. The number of aryl methyl sites for hydroxylation is 2. The summed E-state index contributed by atoms with van der Waals surface area (Å²) < 4.78 is 7.67. The number of carbonyl (C=O) groups excluding carboxylic acids is 1. The van der Waals surface area contributed by atoms with Crippen molar-refractivity contribution in [1.82, 2.24) is 9.88 Å². The second kappa shape index (κ2) is 7.48. The fraction of sp³-hybridized carbons (Fsp3) is 0.688. The second-order valence-electron chi connectivity index (χ2n) is 5.79. The number of hydrogen-bond acceptors (Lipinski definition) is 2. The van der Waals surface area contributed by atoms with Crippen LogP contribution in [0.25, 0.3) is 0 Å². The maximum Gasteiger partial charge on any atom is 0.220 e. The molecule has 0 bridgehead atoms. The molecule has 1 aliphatic heterocycles. The third-order valence-corrected chi connectivity index (χ3v) is 4.01. The van der Waals surface area contributed by atoms with Gasteiger partial charge in [-0.1, -0.05) is 0 Å². The summed E-state index contributed by atoms with van der Waals surface area (Å²) in [6.07, 6.45) is 8.02. The number of nitrogens with one attached hydrogen (secondary N) is 1. The van der Waals surface area contributed by atoms with E-state index < -0.39 is 0 Å². The Labute approximate surface area is 121 Å². The molecule has 1 amide bonds. The van der Waals surface area contributed by atoms with Crippen LogP contribution >= 0.6 is 0 Å². The Morgan fingerprint density at radius 2 is 2.45 bits per heavy atom. The lowest BCUT2D eigenvalue weighted by molar-refractivity contribution is -0.122. The zero-order chi connectivity index (χ0) is 14.4. The molecule has 0 saturated carbocycles. The summed E-state index contributed by atoms with van der Waals surface area (Å²) in [4.78, 5) is 11.9. The standard InChI is InChI=1S/C16H26N2O2/c1-13(7-8-14-5-3-11-18(14)2)17-16(19)10-9-15-6-4-12-20-15/h3,5,11,13,15H,4,6-10,12H2,1-2H3,(H,17,19)/t13-,15+/m0/s1. The van der Waals surface area contributed by atoms with Crippen LogP contribution in [-0.2, 0) is 23.0 Å². The third kappa shape index (κ3) is 4.67. The Morgan fingerprint density at radius 1 is 1.60 bits per heavy atom. The van der Waals surface area contributed by atoms with Gasteiger partial charge in [-0.2, -0.15) is 0 Å². The maximum absolute atomic E-state index is 11.9. The van der Waals surface area contributed by atoms with Gasteiger partial charge in [0.2, 0.25) is 5.91 Å². The second-order valence-corrected chi connectivity index (χ2v) is 5.79. The zero-order valence-electron chi connectivity index (χ0n) is 12.6. The Hall–Kier alpha value is -1.29. The first kappa shape index (κ1) is 15.1. The van der Waals surface area contributed by atoms with Crippen molar-refractivity contribution < 1.29 is 9.53 Å². The molecule has 20 heavy (non-hydrogen) atoms. The van der Waals surface area contributed by atoms with Crippen LogP contribution < -0.4 is 5.32 Å². The molecular formula is C16H26N2O2. The van der Waals surface area contributed by atoms with Crippen molar-refractivity contribution >= 4 is 5.91 Å². The van der Waals surface area contributed by atoms with Crippen molar-refractivity contribution in [3.8, 4) is 0 Å². The minimum atomic E-state index is 0.153. The third-order valence-electron chi connectivity index (χ3n) is 4.01. The van der Waals surface area contributed by atoms with Crippen LogP contribution in [-0.4, -0.2) is 29.2 Å². The van der Waals surface area contributed by atoms with Crippen molar-refractivity contribution in [1.29, 1.82) is 0 Å². The van der Waals surface area contributed by atoms with E-state index in [1.54, 1.807) is 0 Å². The van der Waals surface area contributed by atoms with Gasteiger partial charge in [0, 0.05) is 38.0 Å². The highest BCUT2D eigenvalue weighted by Gasteiger charge is 2.17. The summed E-state index contributed by atoms with van der Waals surface area (Å²) in [6, 6.07) is 4.41. The largest absolute Gasteiger partial charge is 0.378 e. The van der Waals surface area contributed by atoms with Gasteiger partial charge in [0.05, 0.1) is 6.10 Å². The predicted molar refractivity (Wildman–Crippen MR) is 79.5 cm³/mol. The van der Waals surface area contributed by atoms with Crippen LogP contribution in [0.1, 0.15) is 44.7 Å². The summed E-state index contributed by atoms with van der Waals surface area (Å²) in [6.45, 7) is 2.94. The molecule has 1 aromatic rings. The Balaban J connectivity index is 1.62. The minimum absolute atomic E-state index is 0.153. The van der Waals surface area contributed by atoms with E-state index in [4.69, 9.17) is 4.74 Å². The molecule has 0 aromatic carbocycles. The van der Waals surface area contributed by atoms with Crippen LogP contribution in [0.15, 0.2) is 18.3 Å². The number of rotatable bonds is 7. The first-order valence-electron chi connectivity index (χ1n) is 7.66. The van der Waals surface area contributed by atoms with E-state index >= 15 is 0 Å². The molecule has 1 N–H and O–H groups in total. The fourth-order valence-corrected chi connectivity index (χ4v) is 2.70. The molecule has 1 saturated heterocycles. The average Bonchev–Trinajstić information content (AvgIpc) is 3.05. The lowest BCUT2D eigenvalue weighted by Gasteiger charge is -2.15. The van der Waals surface area contributed by atoms with Crippen molar-refractivity contribution in [2.24, 2.45) is 7.05 Å². The van der Waals surface area contributed by atoms with Gasteiger partial charge < -0.3 is 14.6 Å². The topological polar surface area (TPSA) is 43.3 Å². The molecule has 1 aromatic heterocycles. The first-order valence-corrected chi connectivity index (χ1v) is 7.66. The van der Waals surface area contributed by atoms with Gasteiger partial charge in [-0.25, -0.2) is 0 Å². The summed E-state index contributed by atoms with van der Waals surface area (Å²) in [7, 11) is 2.06. The molecule has 0 unspecified atom stereocenters. The van der Waals surface area contributed by atoms with E-state index in [9.17, 15) is 4.79 Å². The summed E-state index contributed by atoms with van der Waals surface area (Å²) in [5.41, 5.74) is 1.31. The molecule has 2 heterocycles. The Bertz CT molecular complexity index is 422. The fourth-order valence-electron chi connectivity index (χ4n) is 2.70. The van der Waals surface area contributed by atoms with Crippen LogP contribution in [0.3, 0.4) is 0 Å². The van der Waals surface area contributed by atoms with Gasteiger partial charge in [-0.3, -0.25) is 4.79 Å². The zero-order valence-corrected chi connectivity index (χ0v) is 12.6. The molecule has 4 nitrogen and oxygen atoms in total. The van der Waals surface area contributed by atoms with E-state index in [0.717, 1.165) is 38.7 Å². The van der Waals surface area contributed by atoms with Gasteiger partial charge in [0.1, 0.15) is 0 Å². The van der Waals surface area contributed by atoms with Crippen LogP contribution in [0.5, 0.6) is 0 Å². The van der Waals surface area contributed by atoms with Gasteiger partial charge in [0.15, 0.2) is 0 Å². The molecule has 2 rings (SSSR count). The van der Waals surface area contributed by atoms with Crippen LogP contribution in [0, 0.1) is 0 Å². The molecule has 2 atom stereocenters. The molecule has 112 valence electrons. The van der Waals surface area contributed by atoms with E-state index in [1.807, 2.05) is 0 Å².